The van der Waals surface area contributed by atoms with Crippen molar-refractivity contribution in [2.24, 2.45) is 11.8 Å². The van der Waals surface area contributed by atoms with E-state index in [2.05, 4.69) is 22.3 Å². The van der Waals surface area contributed by atoms with Crippen molar-refractivity contribution in [3.8, 4) is 5.75 Å². The average molecular weight is 346 g/mol. The Bertz CT molecular complexity index is 553. The van der Waals surface area contributed by atoms with E-state index in [1.165, 1.54) is 5.56 Å². The molecule has 0 aromatic heterocycles. The number of likely N-dealkylation sites (tertiary alicyclic amines) is 1. The van der Waals surface area contributed by atoms with Gasteiger partial charge in [0.25, 0.3) is 0 Å². The quantitative estimate of drug-likeness (QED) is 0.785. The van der Waals surface area contributed by atoms with Gasteiger partial charge in [-0.1, -0.05) is 12.1 Å². The molecule has 1 amide bonds. The largest absolute Gasteiger partial charge is 0.497 e. The van der Waals surface area contributed by atoms with E-state index in [4.69, 9.17) is 9.47 Å². The fourth-order valence-corrected chi connectivity index (χ4v) is 3.71. The lowest BCUT2D eigenvalue weighted by Crippen LogP contribution is -2.40. The van der Waals surface area contributed by atoms with Crippen LogP contribution in [0.2, 0.25) is 0 Å². The van der Waals surface area contributed by atoms with E-state index in [0.717, 1.165) is 57.8 Å². The Morgan fingerprint density at radius 1 is 1.20 bits per heavy atom. The van der Waals surface area contributed by atoms with Crippen LogP contribution in [0.15, 0.2) is 24.3 Å². The molecule has 138 valence electrons. The maximum atomic E-state index is 12.4. The minimum Gasteiger partial charge on any atom is -0.497 e. The fourth-order valence-electron chi connectivity index (χ4n) is 3.71. The van der Waals surface area contributed by atoms with E-state index in [0.29, 0.717) is 11.8 Å². The van der Waals surface area contributed by atoms with Crippen molar-refractivity contribution in [1.82, 2.24) is 10.2 Å². The van der Waals surface area contributed by atoms with Gasteiger partial charge in [0.1, 0.15) is 5.75 Å². The molecule has 2 aliphatic rings. The lowest BCUT2D eigenvalue weighted by molar-refractivity contribution is -0.122. The highest BCUT2D eigenvalue weighted by Crippen LogP contribution is 2.47. The number of ether oxygens (including phenoxy) is 2. The highest BCUT2D eigenvalue weighted by Gasteiger charge is 2.43. The van der Waals surface area contributed by atoms with Crippen molar-refractivity contribution in [1.29, 1.82) is 0 Å². The fraction of sp³-hybridized carbons (Fsp3) is 0.650. The Morgan fingerprint density at radius 3 is 2.56 bits per heavy atom. The molecule has 1 N–H and O–H groups in total. The monoisotopic (exact) mass is 346 g/mol. The molecule has 2 fully saturated rings. The lowest BCUT2D eigenvalue weighted by atomic mass is 9.96. The molecule has 2 atom stereocenters. The summed E-state index contributed by atoms with van der Waals surface area (Å²) in [6.07, 6.45) is 3.29. The summed E-state index contributed by atoms with van der Waals surface area (Å²) in [5.74, 6) is 2.22. The van der Waals surface area contributed by atoms with Gasteiger partial charge in [-0.2, -0.15) is 0 Å². The van der Waals surface area contributed by atoms with E-state index in [1.54, 1.807) is 14.2 Å². The first-order valence-electron chi connectivity index (χ1n) is 9.34. The highest BCUT2D eigenvalue weighted by molar-refractivity contribution is 5.82. The summed E-state index contributed by atoms with van der Waals surface area (Å²) >= 11 is 0. The molecule has 1 aromatic carbocycles. The first kappa shape index (κ1) is 18.2. The van der Waals surface area contributed by atoms with Crippen LogP contribution >= 0.6 is 0 Å². The summed E-state index contributed by atoms with van der Waals surface area (Å²) in [5.41, 5.74) is 1.24. The molecule has 1 aromatic rings. The molecular weight excluding hydrogens is 316 g/mol. The summed E-state index contributed by atoms with van der Waals surface area (Å²) in [6, 6.07) is 8.10. The van der Waals surface area contributed by atoms with E-state index in [9.17, 15) is 4.79 Å². The van der Waals surface area contributed by atoms with E-state index < -0.39 is 0 Å². The predicted molar refractivity (Wildman–Crippen MR) is 97.9 cm³/mol. The number of rotatable bonds is 8. The van der Waals surface area contributed by atoms with Gasteiger partial charge in [-0.15, -0.1) is 0 Å². The third-order valence-electron chi connectivity index (χ3n) is 5.55. The molecule has 1 saturated heterocycles. The first-order valence-corrected chi connectivity index (χ1v) is 9.34. The maximum Gasteiger partial charge on any atom is 0.223 e. The van der Waals surface area contributed by atoms with Crippen molar-refractivity contribution in [3.05, 3.63) is 29.8 Å². The Balaban J connectivity index is 1.36. The van der Waals surface area contributed by atoms with E-state index >= 15 is 0 Å². The summed E-state index contributed by atoms with van der Waals surface area (Å²) in [5, 5.41) is 3.19. The summed E-state index contributed by atoms with van der Waals surface area (Å²) in [7, 11) is 3.42. The molecule has 25 heavy (non-hydrogen) atoms. The highest BCUT2D eigenvalue weighted by atomic mass is 16.5. The number of amides is 1. The van der Waals surface area contributed by atoms with Crippen molar-refractivity contribution in [3.63, 3.8) is 0 Å². The molecular formula is C20H30N2O3. The Labute approximate surface area is 150 Å². The molecule has 0 unspecified atom stereocenters. The van der Waals surface area contributed by atoms with Crippen molar-refractivity contribution >= 4 is 5.91 Å². The SMILES string of the molecule is COCCN1CCC(CNC(=O)[C@@H]2C[C@@H]2c2ccc(OC)cc2)CC1. The van der Waals surface area contributed by atoms with Crippen LogP contribution in [0.4, 0.5) is 0 Å². The zero-order chi connectivity index (χ0) is 17.6. The molecule has 0 spiro atoms. The number of nitrogens with one attached hydrogen (secondary N) is 1. The molecule has 1 saturated carbocycles. The van der Waals surface area contributed by atoms with Gasteiger partial charge >= 0.3 is 0 Å². The number of carbonyl (C=O) groups excluding carboxylic acids is 1. The number of piperidine rings is 1. The molecule has 0 radical (unpaired) electrons. The predicted octanol–water partition coefficient (Wildman–Crippen LogP) is 2.27. The summed E-state index contributed by atoms with van der Waals surface area (Å²) < 4.78 is 10.3. The van der Waals surface area contributed by atoms with Gasteiger partial charge in [0.2, 0.25) is 5.91 Å². The van der Waals surface area contributed by atoms with Crippen LogP contribution in [0.3, 0.4) is 0 Å². The van der Waals surface area contributed by atoms with E-state index in [-0.39, 0.29) is 11.8 Å². The first-order chi connectivity index (χ1) is 12.2. The molecule has 0 bridgehead atoms. The second kappa shape index (κ2) is 8.68. The second-order valence-corrected chi connectivity index (χ2v) is 7.24. The zero-order valence-corrected chi connectivity index (χ0v) is 15.4. The molecule has 3 rings (SSSR count). The average Bonchev–Trinajstić information content (AvgIpc) is 3.46. The van der Waals surface area contributed by atoms with Crippen molar-refractivity contribution in [2.45, 2.75) is 25.2 Å². The van der Waals surface area contributed by atoms with E-state index in [1.807, 2.05) is 12.1 Å². The zero-order valence-electron chi connectivity index (χ0n) is 15.4. The smallest absolute Gasteiger partial charge is 0.223 e. The number of carbonyl (C=O) groups is 1. The van der Waals surface area contributed by atoms with Crippen molar-refractivity contribution in [2.75, 3.05) is 47.0 Å². The number of hydrogen-bond donors (Lipinski definition) is 1. The van der Waals surface area contributed by atoms with Gasteiger partial charge in [-0.3, -0.25) is 4.79 Å². The standard InChI is InChI=1S/C20H30N2O3/c1-24-12-11-22-9-7-15(8-10-22)14-21-20(23)19-13-18(19)16-3-5-17(25-2)6-4-16/h3-6,15,18-19H,7-14H2,1-2H3,(H,21,23)/t18-,19-/m1/s1. The second-order valence-electron chi connectivity index (χ2n) is 7.24. The van der Waals surface area contributed by atoms with Crippen molar-refractivity contribution < 1.29 is 14.3 Å². The normalized spacial score (nSPS) is 24.1. The summed E-state index contributed by atoms with van der Waals surface area (Å²) in [4.78, 5) is 14.8. The Morgan fingerprint density at radius 2 is 1.92 bits per heavy atom. The summed E-state index contributed by atoms with van der Waals surface area (Å²) in [6.45, 7) is 4.86. The van der Waals surface area contributed by atoms with Gasteiger partial charge in [0.15, 0.2) is 0 Å². The van der Waals surface area contributed by atoms with Crippen LogP contribution in [0, 0.1) is 11.8 Å². The van der Waals surface area contributed by atoms with Gasteiger partial charge in [0.05, 0.1) is 13.7 Å². The van der Waals surface area contributed by atoms with Crippen LogP contribution < -0.4 is 10.1 Å². The topological polar surface area (TPSA) is 50.8 Å². The third-order valence-corrected chi connectivity index (χ3v) is 5.55. The molecule has 5 heteroatoms. The molecule has 1 aliphatic carbocycles. The maximum absolute atomic E-state index is 12.4. The minimum absolute atomic E-state index is 0.148. The minimum atomic E-state index is 0.148. The Hall–Kier alpha value is -1.59. The van der Waals surface area contributed by atoms with Gasteiger partial charge in [-0.25, -0.2) is 0 Å². The van der Waals surface area contributed by atoms with Crippen LogP contribution in [0.5, 0.6) is 5.75 Å². The van der Waals surface area contributed by atoms with Crippen LogP contribution in [-0.2, 0) is 9.53 Å². The van der Waals surface area contributed by atoms with Gasteiger partial charge < -0.3 is 19.7 Å². The van der Waals surface area contributed by atoms with Gasteiger partial charge in [-0.05, 0) is 61.9 Å². The third kappa shape index (κ3) is 4.95. The Kier molecular flexibility index (Phi) is 6.32. The van der Waals surface area contributed by atoms with Gasteiger partial charge in [0, 0.05) is 26.1 Å². The number of benzene rings is 1. The van der Waals surface area contributed by atoms with Crippen LogP contribution in [0.1, 0.15) is 30.7 Å². The van der Waals surface area contributed by atoms with Crippen LogP contribution in [0.25, 0.3) is 0 Å². The lowest BCUT2D eigenvalue weighted by Gasteiger charge is -2.31. The molecule has 1 heterocycles. The van der Waals surface area contributed by atoms with Crippen LogP contribution in [-0.4, -0.2) is 57.8 Å². The number of nitrogens with zero attached hydrogens (tertiary/aromatic N) is 1. The molecule has 1 aliphatic heterocycles. The number of hydrogen-bond acceptors (Lipinski definition) is 4. The molecule has 5 nitrogen and oxygen atoms in total. The number of methoxy groups -OCH3 is 2.